The quantitative estimate of drug-likeness (QED) is 0.340. The van der Waals surface area contributed by atoms with Crippen LogP contribution in [0.2, 0.25) is 5.02 Å². The van der Waals surface area contributed by atoms with Crippen LogP contribution in [0.1, 0.15) is 34.5 Å². The van der Waals surface area contributed by atoms with Crippen LogP contribution in [0.25, 0.3) is 15.9 Å². The molecule has 0 bridgehead atoms. The summed E-state index contributed by atoms with van der Waals surface area (Å²) in [6.07, 6.45) is 0. The van der Waals surface area contributed by atoms with Crippen LogP contribution in [-0.2, 0) is 0 Å². The molecule has 0 radical (unpaired) electrons. The molecule has 0 aliphatic rings. The average molecular weight is 490 g/mol. The summed E-state index contributed by atoms with van der Waals surface area (Å²) in [6.45, 7) is 3.83. The molecule has 0 aliphatic heterocycles. The molecule has 2 heterocycles. The molecule has 0 aliphatic carbocycles. The van der Waals surface area contributed by atoms with Crippen molar-refractivity contribution in [1.29, 1.82) is 0 Å². The Kier molecular flexibility index (Phi) is 5.77. The summed E-state index contributed by atoms with van der Waals surface area (Å²) in [5.74, 6) is -0.233. The van der Waals surface area contributed by atoms with Gasteiger partial charge < -0.3 is 10.6 Å². The molecule has 0 unspecified atom stereocenters. The van der Waals surface area contributed by atoms with E-state index in [9.17, 15) is 9.59 Å². The molecule has 0 saturated carbocycles. The van der Waals surface area contributed by atoms with Gasteiger partial charge in [-0.3, -0.25) is 9.59 Å². The Morgan fingerprint density at radius 2 is 1.88 bits per heavy atom. The van der Waals surface area contributed by atoms with Crippen molar-refractivity contribution >= 4 is 55.5 Å². The fourth-order valence-electron chi connectivity index (χ4n) is 3.66. The second kappa shape index (κ2) is 8.89. The van der Waals surface area contributed by atoms with Gasteiger partial charge in [0.1, 0.15) is 0 Å². The molecule has 9 heteroatoms. The van der Waals surface area contributed by atoms with Gasteiger partial charge in [-0.2, -0.15) is 4.52 Å². The second-order valence-corrected chi connectivity index (χ2v) is 9.26. The van der Waals surface area contributed by atoms with Crippen LogP contribution < -0.4 is 16.2 Å². The first-order chi connectivity index (χ1) is 16.4. The van der Waals surface area contributed by atoms with Crippen molar-refractivity contribution < 1.29 is 4.79 Å². The van der Waals surface area contributed by atoms with Gasteiger partial charge in [-0.05, 0) is 55.3 Å². The highest BCUT2D eigenvalue weighted by Crippen LogP contribution is 2.28. The maximum absolute atomic E-state index is 13.0. The third-order valence-electron chi connectivity index (χ3n) is 5.62. The number of fused-ring (bicyclic) bond motifs is 2. The number of hydrogen-bond acceptors (Lipinski definition) is 6. The van der Waals surface area contributed by atoms with E-state index in [1.54, 1.807) is 18.2 Å². The van der Waals surface area contributed by atoms with Gasteiger partial charge in [0.05, 0.1) is 16.9 Å². The fourth-order valence-corrected chi connectivity index (χ4v) is 4.65. The van der Waals surface area contributed by atoms with Crippen molar-refractivity contribution in [1.82, 2.24) is 19.9 Å². The summed E-state index contributed by atoms with van der Waals surface area (Å²) in [7, 11) is 0. The van der Waals surface area contributed by atoms with Crippen molar-refractivity contribution in [2.45, 2.75) is 19.9 Å². The zero-order chi connectivity index (χ0) is 23.8. The van der Waals surface area contributed by atoms with Gasteiger partial charge in [-0.15, -0.1) is 5.10 Å². The third-order valence-corrected chi connectivity index (χ3v) is 6.85. The molecule has 5 aromatic rings. The molecule has 0 spiro atoms. The Hall–Kier alpha value is -3.75. The minimum absolute atomic E-state index is 0.157. The van der Waals surface area contributed by atoms with Crippen molar-refractivity contribution in [3.05, 3.63) is 98.8 Å². The number of carbonyl (C=O) groups is 1. The monoisotopic (exact) mass is 489 g/mol. The van der Waals surface area contributed by atoms with E-state index in [4.69, 9.17) is 11.6 Å². The number of amides is 1. The first-order valence-corrected chi connectivity index (χ1v) is 11.8. The smallest absolute Gasteiger partial charge is 0.283 e. The standard InChI is InChI=1S/C25H20ClN5O2S/c1-14-19(26)9-6-10-20(14)28-24-30-31-23(33)18-12-11-17(13-21(18)29-25(31)34-24)22(32)27-15(2)16-7-4-3-5-8-16/h3-13,15H,1-2H3,(H,27,32)(H,28,30)/t15-/m0/s1. The lowest BCUT2D eigenvalue weighted by Crippen LogP contribution is -2.26. The number of benzene rings is 3. The maximum atomic E-state index is 13.0. The number of anilines is 2. The van der Waals surface area contributed by atoms with Crippen LogP contribution in [0.3, 0.4) is 0 Å². The molecule has 0 fully saturated rings. The summed E-state index contributed by atoms with van der Waals surface area (Å²) >= 11 is 7.45. The molecule has 2 N–H and O–H groups in total. The number of nitrogens with zero attached hydrogens (tertiary/aromatic N) is 3. The molecular formula is C25H20ClN5O2S. The molecule has 170 valence electrons. The van der Waals surface area contributed by atoms with Crippen LogP contribution in [0, 0.1) is 6.92 Å². The van der Waals surface area contributed by atoms with E-state index in [2.05, 4.69) is 20.7 Å². The average Bonchev–Trinajstić information content (AvgIpc) is 3.25. The summed E-state index contributed by atoms with van der Waals surface area (Å²) in [5.41, 5.74) is 3.28. The highest BCUT2D eigenvalue weighted by Gasteiger charge is 2.16. The normalized spacial score (nSPS) is 12.1. The summed E-state index contributed by atoms with van der Waals surface area (Å²) in [6, 6.07) is 20.0. The maximum Gasteiger partial charge on any atom is 0.283 e. The van der Waals surface area contributed by atoms with Gasteiger partial charge in [0.15, 0.2) is 0 Å². The lowest BCUT2D eigenvalue weighted by molar-refractivity contribution is 0.0940. The molecule has 2 aromatic heterocycles. The number of aromatic nitrogens is 3. The van der Waals surface area contributed by atoms with Gasteiger partial charge >= 0.3 is 0 Å². The van der Waals surface area contributed by atoms with Crippen LogP contribution in [0.5, 0.6) is 0 Å². The highest BCUT2D eigenvalue weighted by atomic mass is 35.5. The molecule has 3 aromatic carbocycles. The lowest BCUT2D eigenvalue weighted by Gasteiger charge is -2.14. The van der Waals surface area contributed by atoms with Crippen LogP contribution >= 0.6 is 22.9 Å². The lowest BCUT2D eigenvalue weighted by atomic mass is 10.1. The van der Waals surface area contributed by atoms with E-state index in [1.165, 1.54) is 15.9 Å². The summed E-state index contributed by atoms with van der Waals surface area (Å²) in [5, 5.41) is 12.1. The van der Waals surface area contributed by atoms with Gasteiger partial charge in [-0.1, -0.05) is 59.3 Å². The van der Waals surface area contributed by atoms with Gasteiger partial charge in [0, 0.05) is 16.3 Å². The molecule has 34 heavy (non-hydrogen) atoms. The van der Waals surface area contributed by atoms with Crippen molar-refractivity contribution in [2.24, 2.45) is 0 Å². The van der Waals surface area contributed by atoms with Crippen molar-refractivity contribution in [3.8, 4) is 0 Å². The van der Waals surface area contributed by atoms with Crippen molar-refractivity contribution in [2.75, 3.05) is 5.32 Å². The molecule has 0 saturated heterocycles. The minimum Gasteiger partial charge on any atom is -0.346 e. The Morgan fingerprint density at radius 3 is 2.68 bits per heavy atom. The number of halogens is 1. The molecule has 5 rings (SSSR count). The van der Waals surface area contributed by atoms with Crippen LogP contribution in [0.4, 0.5) is 10.8 Å². The Labute approximate surface area is 204 Å². The molecular weight excluding hydrogens is 470 g/mol. The van der Waals surface area contributed by atoms with Gasteiger partial charge in [0.2, 0.25) is 10.1 Å². The third kappa shape index (κ3) is 4.13. The first kappa shape index (κ1) is 22.1. The first-order valence-electron chi connectivity index (χ1n) is 10.6. The topological polar surface area (TPSA) is 88.4 Å². The Balaban J connectivity index is 1.46. The number of rotatable bonds is 5. The molecule has 1 atom stereocenters. The predicted octanol–water partition coefficient (Wildman–Crippen LogP) is 5.50. The van der Waals surface area contributed by atoms with Crippen molar-refractivity contribution in [3.63, 3.8) is 0 Å². The van der Waals surface area contributed by atoms with E-state index >= 15 is 0 Å². The zero-order valence-electron chi connectivity index (χ0n) is 18.4. The summed E-state index contributed by atoms with van der Waals surface area (Å²) < 4.78 is 1.27. The van der Waals surface area contributed by atoms with Gasteiger partial charge in [-0.25, -0.2) is 4.98 Å². The van der Waals surface area contributed by atoms with Gasteiger partial charge in [0.25, 0.3) is 11.5 Å². The summed E-state index contributed by atoms with van der Waals surface area (Å²) in [4.78, 5) is 30.9. The van der Waals surface area contributed by atoms with E-state index in [-0.39, 0.29) is 17.5 Å². The Bertz CT molecular complexity index is 1600. The number of carbonyl (C=O) groups excluding carboxylic acids is 1. The zero-order valence-corrected chi connectivity index (χ0v) is 19.9. The minimum atomic E-state index is -0.295. The van der Waals surface area contributed by atoms with Crippen LogP contribution in [-0.4, -0.2) is 20.5 Å². The largest absolute Gasteiger partial charge is 0.346 e. The number of nitrogens with one attached hydrogen (secondary N) is 2. The van der Waals surface area contributed by atoms with E-state index < -0.39 is 0 Å². The molecule has 1 amide bonds. The molecule has 7 nitrogen and oxygen atoms in total. The SMILES string of the molecule is Cc1c(Cl)cccc1Nc1nn2c(=O)c3ccc(C(=O)N[C@@H](C)c4ccccc4)cc3nc2s1. The van der Waals surface area contributed by atoms with E-state index in [1.807, 2.05) is 62.4 Å². The second-order valence-electron chi connectivity index (χ2n) is 7.89. The van der Waals surface area contributed by atoms with E-state index in [0.717, 1.165) is 16.8 Å². The Morgan fingerprint density at radius 1 is 1.09 bits per heavy atom. The van der Waals surface area contributed by atoms with E-state index in [0.29, 0.717) is 31.6 Å². The highest BCUT2D eigenvalue weighted by molar-refractivity contribution is 7.20. The predicted molar refractivity (Wildman–Crippen MR) is 136 cm³/mol. The fraction of sp³-hybridized carbons (Fsp3) is 0.120. The van der Waals surface area contributed by atoms with Crippen LogP contribution in [0.15, 0.2) is 71.5 Å². The number of hydrogen-bond donors (Lipinski definition) is 2.